The molecule has 2 heterocycles. The van der Waals surface area contributed by atoms with Crippen molar-refractivity contribution in [3.63, 3.8) is 0 Å². The molecule has 19 heavy (non-hydrogen) atoms. The molecular formula is C16H16N2S. The van der Waals surface area contributed by atoms with E-state index in [1.54, 1.807) is 0 Å². The first-order chi connectivity index (χ1) is 9.22. The van der Waals surface area contributed by atoms with E-state index in [0.717, 1.165) is 24.2 Å². The van der Waals surface area contributed by atoms with Crippen molar-refractivity contribution in [2.45, 2.75) is 26.3 Å². The summed E-state index contributed by atoms with van der Waals surface area (Å²) >= 11 is 1.85. The van der Waals surface area contributed by atoms with Gasteiger partial charge in [0.25, 0.3) is 0 Å². The van der Waals surface area contributed by atoms with Crippen molar-refractivity contribution in [3.8, 4) is 6.07 Å². The third kappa shape index (κ3) is 1.93. The number of fused-ring (bicyclic) bond motifs is 1. The molecule has 0 saturated carbocycles. The number of hydrogen-bond acceptors (Lipinski definition) is 3. The SMILES string of the molecule is Cc1cccc(C#N)c1N1CCc2sccc2C1C. The number of rotatable bonds is 1. The molecule has 1 unspecified atom stereocenters. The Kier molecular flexibility index (Phi) is 3.04. The van der Waals surface area contributed by atoms with Crippen molar-refractivity contribution in [1.29, 1.82) is 5.26 Å². The second-order valence-electron chi connectivity index (χ2n) is 5.00. The van der Waals surface area contributed by atoms with E-state index in [1.165, 1.54) is 16.0 Å². The van der Waals surface area contributed by atoms with Gasteiger partial charge in [-0.2, -0.15) is 5.26 Å². The first-order valence-electron chi connectivity index (χ1n) is 6.55. The quantitative estimate of drug-likeness (QED) is 0.780. The molecule has 0 spiro atoms. The van der Waals surface area contributed by atoms with E-state index >= 15 is 0 Å². The minimum Gasteiger partial charge on any atom is -0.363 e. The molecule has 1 aromatic carbocycles. The Balaban J connectivity index is 2.08. The summed E-state index contributed by atoms with van der Waals surface area (Å²) in [6.45, 7) is 5.32. The number of aryl methyl sites for hydroxylation is 1. The normalized spacial score (nSPS) is 17.9. The van der Waals surface area contributed by atoms with Crippen molar-refractivity contribution in [2.24, 2.45) is 0 Å². The summed E-state index contributed by atoms with van der Waals surface area (Å²) < 4.78 is 0. The van der Waals surface area contributed by atoms with Crippen LogP contribution in [0, 0.1) is 18.3 Å². The molecular weight excluding hydrogens is 252 g/mol. The van der Waals surface area contributed by atoms with Crippen LogP contribution in [0.5, 0.6) is 0 Å². The highest BCUT2D eigenvalue weighted by Crippen LogP contribution is 2.38. The van der Waals surface area contributed by atoms with Crippen LogP contribution in [-0.2, 0) is 6.42 Å². The third-order valence-corrected chi connectivity index (χ3v) is 4.92. The number of benzene rings is 1. The number of thiophene rings is 1. The molecule has 96 valence electrons. The minimum absolute atomic E-state index is 0.350. The second-order valence-corrected chi connectivity index (χ2v) is 6.00. The fourth-order valence-electron chi connectivity index (χ4n) is 2.95. The maximum Gasteiger partial charge on any atom is 0.101 e. The first-order valence-corrected chi connectivity index (χ1v) is 7.43. The Hall–Kier alpha value is -1.79. The third-order valence-electron chi connectivity index (χ3n) is 3.92. The van der Waals surface area contributed by atoms with E-state index in [-0.39, 0.29) is 0 Å². The predicted molar refractivity (Wildman–Crippen MR) is 79.7 cm³/mol. The molecule has 2 nitrogen and oxygen atoms in total. The fourth-order valence-corrected chi connectivity index (χ4v) is 3.91. The van der Waals surface area contributed by atoms with Gasteiger partial charge in [0.2, 0.25) is 0 Å². The molecule has 0 amide bonds. The summed E-state index contributed by atoms with van der Waals surface area (Å²) in [6, 6.07) is 10.9. The van der Waals surface area contributed by atoms with Crippen LogP contribution in [-0.4, -0.2) is 6.54 Å². The smallest absolute Gasteiger partial charge is 0.101 e. The van der Waals surface area contributed by atoms with Gasteiger partial charge in [-0.3, -0.25) is 0 Å². The molecule has 3 rings (SSSR count). The Labute approximate surface area is 117 Å². The summed E-state index contributed by atoms with van der Waals surface area (Å²) in [6.07, 6.45) is 1.08. The van der Waals surface area contributed by atoms with E-state index in [9.17, 15) is 5.26 Å². The highest BCUT2D eigenvalue weighted by Gasteiger charge is 2.27. The standard InChI is InChI=1S/C16H16N2S/c1-11-4-3-5-13(10-17)16(11)18-8-6-15-14(12(18)2)7-9-19-15/h3-5,7,9,12H,6,8H2,1-2H3. The van der Waals surface area contributed by atoms with Crippen LogP contribution in [0.25, 0.3) is 0 Å². The molecule has 2 aromatic rings. The van der Waals surface area contributed by atoms with Crippen LogP contribution < -0.4 is 4.90 Å². The maximum absolute atomic E-state index is 9.34. The van der Waals surface area contributed by atoms with Crippen molar-refractivity contribution in [1.82, 2.24) is 0 Å². The molecule has 0 bridgehead atoms. The van der Waals surface area contributed by atoms with E-state index < -0.39 is 0 Å². The van der Waals surface area contributed by atoms with E-state index in [4.69, 9.17) is 0 Å². The van der Waals surface area contributed by atoms with Gasteiger partial charge in [0.05, 0.1) is 17.3 Å². The van der Waals surface area contributed by atoms with Crippen molar-refractivity contribution >= 4 is 17.0 Å². The fraction of sp³-hybridized carbons (Fsp3) is 0.312. The molecule has 1 aromatic heterocycles. The molecule has 3 heteroatoms. The monoisotopic (exact) mass is 268 g/mol. The Bertz CT molecular complexity index is 651. The minimum atomic E-state index is 0.350. The summed E-state index contributed by atoms with van der Waals surface area (Å²) in [5.41, 5.74) is 4.49. The van der Waals surface area contributed by atoms with Crippen LogP contribution in [0.3, 0.4) is 0 Å². The average molecular weight is 268 g/mol. The van der Waals surface area contributed by atoms with Crippen LogP contribution >= 0.6 is 11.3 Å². The molecule has 1 atom stereocenters. The number of nitriles is 1. The van der Waals surface area contributed by atoms with Crippen LogP contribution in [0.4, 0.5) is 5.69 Å². The molecule has 0 fully saturated rings. The van der Waals surface area contributed by atoms with Gasteiger partial charge in [-0.05, 0) is 48.9 Å². The number of anilines is 1. The van der Waals surface area contributed by atoms with Crippen molar-refractivity contribution < 1.29 is 0 Å². The summed E-state index contributed by atoms with van der Waals surface area (Å²) in [5.74, 6) is 0. The number of para-hydroxylation sites is 1. The van der Waals surface area contributed by atoms with Crippen LogP contribution in [0.2, 0.25) is 0 Å². The lowest BCUT2D eigenvalue weighted by Crippen LogP contribution is -2.34. The van der Waals surface area contributed by atoms with E-state index in [0.29, 0.717) is 6.04 Å². The molecule has 0 aliphatic carbocycles. The lowest BCUT2D eigenvalue weighted by Gasteiger charge is -2.37. The predicted octanol–water partition coefficient (Wildman–Crippen LogP) is 4.05. The Morgan fingerprint density at radius 1 is 1.37 bits per heavy atom. The summed E-state index contributed by atoms with van der Waals surface area (Å²) in [5, 5.41) is 11.5. The van der Waals surface area contributed by atoms with E-state index in [2.05, 4.69) is 42.3 Å². The molecule has 0 saturated heterocycles. The zero-order valence-corrected chi connectivity index (χ0v) is 12.0. The lowest BCUT2D eigenvalue weighted by atomic mass is 9.98. The largest absolute Gasteiger partial charge is 0.363 e. The van der Waals surface area contributed by atoms with Gasteiger partial charge in [0.1, 0.15) is 6.07 Å². The van der Waals surface area contributed by atoms with Gasteiger partial charge < -0.3 is 4.90 Å². The zero-order chi connectivity index (χ0) is 13.4. The lowest BCUT2D eigenvalue weighted by molar-refractivity contribution is 0.630. The topological polar surface area (TPSA) is 27.0 Å². The van der Waals surface area contributed by atoms with Crippen LogP contribution in [0.1, 0.15) is 34.5 Å². The molecule has 0 radical (unpaired) electrons. The Morgan fingerprint density at radius 2 is 2.21 bits per heavy atom. The zero-order valence-electron chi connectivity index (χ0n) is 11.2. The van der Waals surface area contributed by atoms with Crippen molar-refractivity contribution in [2.75, 3.05) is 11.4 Å². The Morgan fingerprint density at radius 3 is 3.00 bits per heavy atom. The second kappa shape index (κ2) is 4.71. The van der Waals surface area contributed by atoms with Gasteiger partial charge >= 0.3 is 0 Å². The van der Waals surface area contributed by atoms with E-state index in [1.807, 2.05) is 23.5 Å². The van der Waals surface area contributed by atoms with Gasteiger partial charge in [-0.1, -0.05) is 12.1 Å². The molecule has 1 aliphatic heterocycles. The van der Waals surface area contributed by atoms with Crippen molar-refractivity contribution in [3.05, 3.63) is 51.2 Å². The van der Waals surface area contributed by atoms with Gasteiger partial charge in [-0.25, -0.2) is 0 Å². The highest BCUT2D eigenvalue weighted by atomic mass is 32.1. The maximum atomic E-state index is 9.34. The number of hydrogen-bond donors (Lipinski definition) is 0. The average Bonchev–Trinajstić information content (AvgIpc) is 2.89. The number of nitrogens with zero attached hydrogens (tertiary/aromatic N) is 2. The molecule has 1 aliphatic rings. The van der Waals surface area contributed by atoms with Gasteiger partial charge in [-0.15, -0.1) is 11.3 Å². The van der Waals surface area contributed by atoms with Gasteiger partial charge in [0.15, 0.2) is 0 Å². The summed E-state index contributed by atoms with van der Waals surface area (Å²) in [4.78, 5) is 3.87. The molecule has 0 N–H and O–H groups in total. The summed E-state index contributed by atoms with van der Waals surface area (Å²) in [7, 11) is 0. The highest BCUT2D eigenvalue weighted by molar-refractivity contribution is 7.10. The first kappa shape index (κ1) is 12.3. The van der Waals surface area contributed by atoms with Crippen LogP contribution in [0.15, 0.2) is 29.6 Å². The van der Waals surface area contributed by atoms with Gasteiger partial charge in [0, 0.05) is 11.4 Å².